The minimum Gasteiger partial charge on any atom is -0.447 e. The number of likely N-dealkylation sites (tertiary alicyclic amines) is 1. The minimum absolute atomic E-state index is 0.0528. The third-order valence-corrected chi connectivity index (χ3v) is 4.95. The number of ether oxygens (including phenoxy) is 1. The Labute approximate surface area is 139 Å². The molecule has 2 fully saturated rings. The second-order valence-corrected chi connectivity index (χ2v) is 6.47. The second-order valence-electron chi connectivity index (χ2n) is 6.47. The van der Waals surface area contributed by atoms with Crippen molar-refractivity contribution in [2.75, 3.05) is 19.7 Å². The van der Waals surface area contributed by atoms with Crippen LogP contribution in [0.5, 0.6) is 0 Å². The molecule has 7 nitrogen and oxygen atoms in total. The Hall–Kier alpha value is -2.57. The molecule has 0 aliphatic carbocycles. The Balaban J connectivity index is 1.46. The number of para-hydroxylation sites is 1. The van der Waals surface area contributed by atoms with Gasteiger partial charge in [-0.05, 0) is 25.8 Å². The zero-order valence-corrected chi connectivity index (χ0v) is 13.6. The van der Waals surface area contributed by atoms with E-state index in [1.807, 2.05) is 41.0 Å². The van der Waals surface area contributed by atoms with Crippen molar-refractivity contribution in [1.29, 1.82) is 0 Å². The van der Waals surface area contributed by atoms with Gasteiger partial charge in [0.15, 0.2) is 5.69 Å². The number of piperidine rings is 1. The summed E-state index contributed by atoms with van der Waals surface area (Å²) in [5.41, 5.74) is 1.34. The first kappa shape index (κ1) is 15.0. The van der Waals surface area contributed by atoms with Crippen LogP contribution in [0.2, 0.25) is 0 Å². The zero-order valence-electron chi connectivity index (χ0n) is 13.6. The number of rotatable bonds is 2. The van der Waals surface area contributed by atoms with E-state index in [2.05, 4.69) is 10.2 Å². The molecule has 126 valence electrons. The number of nitrogens with zero attached hydrogens (tertiary/aromatic N) is 3. The summed E-state index contributed by atoms with van der Waals surface area (Å²) < 4.78 is 5.10. The number of H-pyrrole nitrogens is 1. The fourth-order valence-corrected chi connectivity index (χ4v) is 3.66. The van der Waals surface area contributed by atoms with E-state index in [1.54, 1.807) is 0 Å². The Morgan fingerprint density at radius 2 is 2.04 bits per heavy atom. The lowest BCUT2D eigenvalue weighted by Crippen LogP contribution is -2.49. The van der Waals surface area contributed by atoms with Gasteiger partial charge in [0.2, 0.25) is 0 Å². The normalized spacial score (nSPS) is 22.2. The van der Waals surface area contributed by atoms with Gasteiger partial charge in [-0.15, -0.1) is 0 Å². The summed E-state index contributed by atoms with van der Waals surface area (Å²) in [4.78, 5) is 28.3. The molecule has 1 aromatic heterocycles. The first-order valence-electron chi connectivity index (χ1n) is 8.32. The highest BCUT2D eigenvalue weighted by atomic mass is 16.6. The molecule has 1 N–H and O–H groups in total. The van der Waals surface area contributed by atoms with Gasteiger partial charge in [-0.3, -0.25) is 14.8 Å². The molecule has 2 aliphatic heterocycles. The molecule has 3 heterocycles. The van der Waals surface area contributed by atoms with Crippen molar-refractivity contribution >= 4 is 22.9 Å². The van der Waals surface area contributed by atoms with Gasteiger partial charge in [-0.1, -0.05) is 18.2 Å². The molecule has 0 spiro atoms. The predicted octanol–water partition coefficient (Wildman–Crippen LogP) is 2.01. The Morgan fingerprint density at radius 1 is 1.29 bits per heavy atom. The van der Waals surface area contributed by atoms with Crippen LogP contribution in [-0.4, -0.2) is 63.8 Å². The van der Waals surface area contributed by atoms with E-state index < -0.39 is 0 Å². The minimum atomic E-state index is -0.231. The van der Waals surface area contributed by atoms with Gasteiger partial charge in [0.05, 0.1) is 11.6 Å². The summed E-state index contributed by atoms with van der Waals surface area (Å²) in [5, 5.41) is 7.95. The number of benzene rings is 1. The van der Waals surface area contributed by atoms with Gasteiger partial charge in [-0.25, -0.2) is 4.79 Å². The second kappa shape index (κ2) is 5.81. The molecular weight excluding hydrogens is 308 g/mol. The summed E-state index contributed by atoms with van der Waals surface area (Å²) >= 11 is 0. The van der Waals surface area contributed by atoms with Crippen molar-refractivity contribution in [3.05, 3.63) is 30.0 Å². The molecule has 0 saturated carbocycles. The summed E-state index contributed by atoms with van der Waals surface area (Å²) in [7, 11) is 0. The van der Waals surface area contributed by atoms with Crippen LogP contribution in [0.15, 0.2) is 24.3 Å². The number of hydrogen-bond donors (Lipinski definition) is 1. The van der Waals surface area contributed by atoms with Crippen LogP contribution in [0.4, 0.5) is 4.79 Å². The number of cyclic esters (lactones) is 1. The highest BCUT2D eigenvalue weighted by Crippen LogP contribution is 2.25. The van der Waals surface area contributed by atoms with Gasteiger partial charge in [0.1, 0.15) is 6.61 Å². The molecule has 1 unspecified atom stereocenters. The number of hydrogen-bond acceptors (Lipinski definition) is 4. The number of nitrogens with one attached hydrogen (secondary N) is 1. The Kier molecular flexibility index (Phi) is 3.63. The van der Waals surface area contributed by atoms with Crippen molar-refractivity contribution in [3.63, 3.8) is 0 Å². The smallest absolute Gasteiger partial charge is 0.410 e. The van der Waals surface area contributed by atoms with Crippen molar-refractivity contribution < 1.29 is 14.3 Å². The largest absolute Gasteiger partial charge is 0.447 e. The molecule has 1 aromatic carbocycles. The van der Waals surface area contributed by atoms with E-state index in [1.165, 1.54) is 0 Å². The maximum Gasteiger partial charge on any atom is 0.410 e. The fraction of sp³-hybridized carbons (Fsp3) is 0.471. The van der Waals surface area contributed by atoms with Crippen molar-refractivity contribution in [1.82, 2.24) is 20.0 Å². The maximum atomic E-state index is 12.8. The van der Waals surface area contributed by atoms with Crippen LogP contribution < -0.4 is 0 Å². The van der Waals surface area contributed by atoms with Crippen LogP contribution in [-0.2, 0) is 4.74 Å². The standard InChI is InChI=1S/C17H20N4O3/c1-11-10-24-17(23)21(11)12-6-8-20(9-7-12)16(22)15-13-4-2-3-5-14(13)18-19-15/h2-5,11-12H,6-10H2,1H3,(H,18,19). The Bertz CT molecular complexity index is 779. The summed E-state index contributed by atoms with van der Waals surface area (Å²) in [6, 6.07) is 7.89. The predicted molar refractivity (Wildman–Crippen MR) is 87.7 cm³/mol. The molecule has 2 aliphatic rings. The molecule has 0 radical (unpaired) electrons. The quantitative estimate of drug-likeness (QED) is 0.914. The molecule has 24 heavy (non-hydrogen) atoms. The summed E-state index contributed by atoms with van der Waals surface area (Å²) in [6.45, 7) is 3.71. The number of aromatic nitrogens is 2. The van der Waals surface area contributed by atoms with E-state index >= 15 is 0 Å². The number of aromatic amines is 1. The van der Waals surface area contributed by atoms with Crippen LogP contribution >= 0.6 is 0 Å². The monoisotopic (exact) mass is 328 g/mol. The van der Waals surface area contributed by atoms with Crippen LogP contribution in [0.1, 0.15) is 30.3 Å². The number of carbonyl (C=O) groups is 2. The lowest BCUT2D eigenvalue weighted by atomic mass is 10.0. The van der Waals surface area contributed by atoms with Gasteiger partial charge in [-0.2, -0.15) is 5.10 Å². The van der Waals surface area contributed by atoms with Gasteiger partial charge in [0, 0.05) is 24.5 Å². The molecular formula is C17H20N4O3. The van der Waals surface area contributed by atoms with Crippen molar-refractivity contribution in [2.24, 2.45) is 0 Å². The molecule has 0 bridgehead atoms. The summed E-state index contributed by atoms with van der Waals surface area (Å²) in [6.07, 6.45) is 1.31. The summed E-state index contributed by atoms with van der Waals surface area (Å²) in [5.74, 6) is -0.0528. The molecule has 7 heteroatoms. The maximum absolute atomic E-state index is 12.8. The van der Waals surface area contributed by atoms with Crippen molar-refractivity contribution in [3.8, 4) is 0 Å². The lowest BCUT2D eigenvalue weighted by molar-refractivity contribution is 0.0638. The van der Waals surface area contributed by atoms with E-state index in [4.69, 9.17) is 4.74 Å². The zero-order chi connectivity index (χ0) is 16.7. The highest BCUT2D eigenvalue weighted by molar-refractivity contribution is 6.04. The first-order chi connectivity index (χ1) is 11.6. The average molecular weight is 328 g/mol. The van der Waals surface area contributed by atoms with Crippen LogP contribution in [0.25, 0.3) is 10.9 Å². The van der Waals surface area contributed by atoms with Gasteiger partial charge < -0.3 is 9.64 Å². The van der Waals surface area contributed by atoms with Gasteiger partial charge in [0.25, 0.3) is 5.91 Å². The number of amides is 2. The van der Waals surface area contributed by atoms with E-state index in [0.29, 0.717) is 25.4 Å². The third kappa shape index (κ3) is 2.40. The molecule has 2 amide bonds. The highest BCUT2D eigenvalue weighted by Gasteiger charge is 2.38. The van der Waals surface area contributed by atoms with E-state index in [9.17, 15) is 9.59 Å². The molecule has 2 aromatic rings. The van der Waals surface area contributed by atoms with Crippen LogP contribution in [0, 0.1) is 0 Å². The first-order valence-corrected chi connectivity index (χ1v) is 8.32. The lowest BCUT2D eigenvalue weighted by Gasteiger charge is -2.36. The van der Waals surface area contributed by atoms with Crippen LogP contribution in [0.3, 0.4) is 0 Å². The average Bonchev–Trinajstić information content (AvgIpc) is 3.18. The number of carbonyl (C=O) groups excluding carboxylic acids is 2. The fourth-order valence-electron chi connectivity index (χ4n) is 3.66. The van der Waals surface area contributed by atoms with Gasteiger partial charge >= 0.3 is 6.09 Å². The molecule has 4 rings (SSSR count). The third-order valence-electron chi connectivity index (χ3n) is 4.95. The Morgan fingerprint density at radius 3 is 2.75 bits per heavy atom. The SMILES string of the molecule is CC1COC(=O)N1C1CCN(C(=O)c2n[nH]c3ccccc23)CC1. The molecule has 1 atom stereocenters. The van der Waals surface area contributed by atoms with Crippen molar-refractivity contribution in [2.45, 2.75) is 31.8 Å². The van der Waals surface area contributed by atoms with E-state index in [-0.39, 0.29) is 24.1 Å². The van der Waals surface area contributed by atoms with E-state index in [0.717, 1.165) is 23.7 Å². The molecule has 2 saturated heterocycles. The topological polar surface area (TPSA) is 78.5 Å². The number of fused-ring (bicyclic) bond motifs is 1.